The fraction of sp³-hybridized carbons (Fsp3) is 0.200. The van der Waals surface area contributed by atoms with Crippen molar-refractivity contribution in [3.05, 3.63) is 35.7 Å². The second kappa shape index (κ2) is 3.84. The first-order chi connectivity index (χ1) is 6.79. The van der Waals surface area contributed by atoms with Crippen molar-refractivity contribution < 1.29 is 4.52 Å². The van der Waals surface area contributed by atoms with Gasteiger partial charge in [0.25, 0.3) is 0 Å². The molecule has 0 bridgehead atoms. The van der Waals surface area contributed by atoms with E-state index in [0.29, 0.717) is 17.5 Å². The van der Waals surface area contributed by atoms with E-state index in [9.17, 15) is 0 Å². The van der Waals surface area contributed by atoms with Gasteiger partial charge in [-0.3, -0.25) is 0 Å². The molecule has 0 aliphatic heterocycles. The Morgan fingerprint density at radius 3 is 2.57 bits per heavy atom. The van der Waals surface area contributed by atoms with Gasteiger partial charge in [-0.25, -0.2) is 0 Å². The van der Waals surface area contributed by atoms with Crippen molar-refractivity contribution >= 4 is 12.6 Å². The van der Waals surface area contributed by atoms with E-state index in [-0.39, 0.29) is 0 Å². The van der Waals surface area contributed by atoms with Crippen molar-refractivity contribution in [2.75, 3.05) is 0 Å². The highest BCUT2D eigenvalue weighted by atomic mass is 32.1. The van der Waals surface area contributed by atoms with Crippen LogP contribution in [0.4, 0.5) is 0 Å². The first kappa shape index (κ1) is 9.27. The largest absolute Gasteiger partial charge is 0.338 e. The molecule has 0 unspecified atom stereocenters. The second-order valence-corrected chi connectivity index (χ2v) is 3.35. The maximum absolute atomic E-state index is 4.96. The molecule has 3 nitrogen and oxygen atoms in total. The van der Waals surface area contributed by atoms with Crippen LogP contribution < -0.4 is 0 Å². The van der Waals surface area contributed by atoms with Crippen molar-refractivity contribution in [3.8, 4) is 11.4 Å². The van der Waals surface area contributed by atoms with E-state index in [1.807, 2.05) is 31.2 Å². The Morgan fingerprint density at radius 2 is 2.00 bits per heavy atom. The van der Waals surface area contributed by atoms with Crippen LogP contribution in [0, 0.1) is 6.92 Å². The summed E-state index contributed by atoms with van der Waals surface area (Å²) in [5.74, 6) is 1.64. The van der Waals surface area contributed by atoms with Crippen molar-refractivity contribution in [3.63, 3.8) is 0 Å². The third-order valence-electron chi connectivity index (χ3n) is 1.91. The van der Waals surface area contributed by atoms with Crippen LogP contribution in [-0.2, 0) is 5.75 Å². The summed E-state index contributed by atoms with van der Waals surface area (Å²) >= 11 is 4.06. The van der Waals surface area contributed by atoms with Crippen LogP contribution in [0.2, 0.25) is 0 Å². The molecule has 72 valence electrons. The maximum atomic E-state index is 4.96. The van der Waals surface area contributed by atoms with E-state index in [2.05, 4.69) is 22.8 Å². The molecule has 1 heterocycles. The minimum absolute atomic E-state index is 0.471. The van der Waals surface area contributed by atoms with Crippen molar-refractivity contribution in [1.29, 1.82) is 0 Å². The Hall–Kier alpha value is -1.29. The molecule has 0 aliphatic carbocycles. The summed E-state index contributed by atoms with van der Waals surface area (Å²) in [6, 6.07) is 7.99. The standard InChI is InChI=1S/C10H10N2OS/c1-7-2-4-8(5-3-7)10-11-9(6-14)13-12-10/h2-5,14H,6H2,1H3. The lowest BCUT2D eigenvalue weighted by Gasteiger charge is -1.94. The van der Waals surface area contributed by atoms with E-state index in [0.717, 1.165) is 5.56 Å². The molecule has 2 rings (SSSR count). The maximum Gasteiger partial charge on any atom is 0.236 e. The van der Waals surface area contributed by atoms with Gasteiger partial charge in [-0.05, 0) is 6.92 Å². The molecule has 2 aromatic rings. The average Bonchev–Trinajstić information content (AvgIpc) is 2.67. The van der Waals surface area contributed by atoms with E-state index in [4.69, 9.17) is 4.52 Å². The van der Waals surface area contributed by atoms with Gasteiger partial charge in [0.1, 0.15) is 0 Å². The Labute approximate surface area is 87.6 Å². The quantitative estimate of drug-likeness (QED) is 0.767. The third kappa shape index (κ3) is 1.80. The molecule has 0 aliphatic rings. The van der Waals surface area contributed by atoms with E-state index in [1.54, 1.807) is 0 Å². The van der Waals surface area contributed by atoms with E-state index < -0.39 is 0 Å². The monoisotopic (exact) mass is 206 g/mol. The number of benzene rings is 1. The molecule has 4 heteroatoms. The van der Waals surface area contributed by atoms with Crippen molar-refractivity contribution in [2.45, 2.75) is 12.7 Å². The van der Waals surface area contributed by atoms with Crippen LogP contribution in [0.15, 0.2) is 28.8 Å². The molecule has 0 saturated carbocycles. The third-order valence-corrected chi connectivity index (χ3v) is 2.18. The highest BCUT2D eigenvalue weighted by Crippen LogP contribution is 2.16. The summed E-state index contributed by atoms with van der Waals surface area (Å²) in [5.41, 5.74) is 2.18. The molecule has 1 aromatic heterocycles. The SMILES string of the molecule is Cc1ccc(-c2noc(CS)n2)cc1. The predicted octanol–water partition coefficient (Wildman–Crippen LogP) is 2.47. The van der Waals surface area contributed by atoms with E-state index in [1.165, 1.54) is 5.56 Å². The zero-order valence-corrected chi connectivity index (χ0v) is 8.66. The smallest absolute Gasteiger partial charge is 0.236 e. The Kier molecular flexibility index (Phi) is 2.54. The number of hydrogen-bond donors (Lipinski definition) is 1. The molecular weight excluding hydrogens is 196 g/mol. The number of nitrogens with zero attached hydrogens (tertiary/aromatic N) is 2. The van der Waals surface area contributed by atoms with Gasteiger partial charge >= 0.3 is 0 Å². The second-order valence-electron chi connectivity index (χ2n) is 3.04. The molecule has 0 N–H and O–H groups in total. The fourth-order valence-corrected chi connectivity index (χ4v) is 1.27. The van der Waals surface area contributed by atoms with Crippen LogP contribution in [0.25, 0.3) is 11.4 Å². The molecule has 0 atom stereocenters. The Morgan fingerprint density at radius 1 is 1.29 bits per heavy atom. The van der Waals surface area contributed by atoms with Gasteiger partial charge in [-0.15, -0.1) is 0 Å². The first-order valence-corrected chi connectivity index (χ1v) is 4.93. The summed E-state index contributed by atoms with van der Waals surface area (Å²) in [4.78, 5) is 4.17. The van der Waals surface area contributed by atoms with Gasteiger partial charge in [-0.2, -0.15) is 17.6 Å². The molecule has 0 amide bonds. The van der Waals surface area contributed by atoms with Crippen LogP contribution in [-0.4, -0.2) is 10.1 Å². The summed E-state index contributed by atoms with van der Waals surface area (Å²) in [6.07, 6.45) is 0. The van der Waals surface area contributed by atoms with Gasteiger partial charge in [-0.1, -0.05) is 35.0 Å². The fourth-order valence-electron chi connectivity index (χ4n) is 1.14. The lowest BCUT2D eigenvalue weighted by Crippen LogP contribution is -1.81. The van der Waals surface area contributed by atoms with Crippen LogP contribution >= 0.6 is 12.6 Å². The summed E-state index contributed by atoms with van der Waals surface area (Å²) < 4.78 is 4.96. The average molecular weight is 206 g/mol. The number of aromatic nitrogens is 2. The minimum atomic E-state index is 0.471. The Balaban J connectivity index is 2.34. The zero-order valence-electron chi connectivity index (χ0n) is 7.77. The predicted molar refractivity (Wildman–Crippen MR) is 57.2 cm³/mol. The summed E-state index contributed by atoms with van der Waals surface area (Å²) in [7, 11) is 0. The van der Waals surface area contributed by atoms with Gasteiger partial charge in [0, 0.05) is 5.56 Å². The number of thiol groups is 1. The molecule has 14 heavy (non-hydrogen) atoms. The Bertz CT molecular complexity index is 422. The topological polar surface area (TPSA) is 38.9 Å². The van der Waals surface area contributed by atoms with Crippen molar-refractivity contribution in [2.24, 2.45) is 0 Å². The van der Waals surface area contributed by atoms with Crippen LogP contribution in [0.3, 0.4) is 0 Å². The molecule has 0 radical (unpaired) electrons. The molecule has 1 aromatic carbocycles. The normalized spacial score (nSPS) is 10.4. The van der Waals surface area contributed by atoms with Crippen LogP contribution in [0.1, 0.15) is 11.5 Å². The zero-order chi connectivity index (χ0) is 9.97. The van der Waals surface area contributed by atoms with Gasteiger partial charge in [0.05, 0.1) is 5.75 Å². The summed E-state index contributed by atoms with van der Waals surface area (Å²) in [6.45, 7) is 2.04. The van der Waals surface area contributed by atoms with E-state index >= 15 is 0 Å². The van der Waals surface area contributed by atoms with Gasteiger partial charge < -0.3 is 4.52 Å². The molecule has 0 saturated heterocycles. The molecular formula is C10H10N2OS. The first-order valence-electron chi connectivity index (χ1n) is 4.30. The lowest BCUT2D eigenvalue weighted by molar-refractivity contribution is 0.392. The number of aryl methyl sites for hydroxylation is 1. The molecule has 0 fully saturated rings. The number of hydrogen-bond acceptors (Lipinski definition) is 4. The van der Waals surface area contributed by atoms with Crippen molar-refractivity contribution in [1.82, 2.24) is 10.1 Å². The number of rotatable bonds is 2. The highest BCUT2D eigenvalue weighted by molar-refractivity contribution is 7.79. The lowest BCUT2D eigenvalue weighted by atomic mass is 10.1. The molecule has 0 spiro atoms. The minimum Gasteiger partial charge on any atom is -0.338 e. The van der Waals surface area contributed by atoms with Gasteiger partial charge in [0.15, 0.2) is 0 Å². The van der Waals surface area contributed by atoms with Gasteiger partial charge in [0.2, 0.25) is 11.7 Å². The summed E-state index contributed by atoms with van der Waals surface area (Å²) in [5, 5.41) is 3.85. The van der Waals surface area contributed by atoms with Crippen LogP contribution in [0.5, 0.6) is 0 Å². The highest BCUT2D eigenvalue weighted by Gasteiger charge is 2.06.